The van der Waals surface area contributed by atoms with Gasteiger partial charge in [0.05, 0.1) is 12.8 Å². The molecule has 0 saturated carbocycles. The van der Waals surface area contributed by atoms with E-state index in [0.717, 1.165) is 25.2 Å². The fourth-order valence-electron chi connectivity index (χ4n) is 3.41. The second-order valence-corrected chi connectivity index (χ2v) is 7.31. The van der Waals surface area contributed by atoms with Crippen LogP contribution in [0.5, 0.6) is 5.75 Å². The van der Waals surface area contributed by atoms with E-state index < -0.39 is 0 Å². The smallest absolute Gasteiger partial charge is 0.255 e. The fourth-order valence-corrected chi connectivity index (χ4v) is 3.41. The number of anilines is 3. The molecule has 3 aromatic carbocycles. The minimum atomic E-state index is -0.254. The summed E-state index contributed by atoms with van der Waals surface area (Å²) in [4.78, 5) is 27.4. The molecule has 0 aliphatic heterocycles. The van der Waals surface area contributed by atoms with Crippen molar-refractivity contribution in [2.24, 2.45) is 0 Å². The Labute approximate surface area is 189 Å². The Morgan fingerprint density at radius 3 is 2.00 bits per heavy atom. The number of benzene rings is 3. The third-order valence-electron chi connectivity index (χ3n) is 5.13. The topological polar surface area (TPSA) is 70.7 Å². The predicted molar refractivity (Wildman–Crippen MR) is 130 cm³/mol. The lowest BCUT2D eigenvalue weighted by Crippen LogP contribution is -2.23. The largest absolute Gasteiger partial charge is 0.495 e. The van der Waals surface area contributed by atoms with Crippen LogP contribution in [0.1, 0.15) is 41.0 Å². The second kappa shape index (κ2) is 11.0. The van der Waals surface area contributed by atoms with E-state index in [9.17, 15) is 9.59 Å². The molecule has 0 aliphatic carbocycles. The van der Waals surface area contributed by atoms with Crippen molar-refractivity contribution in [1.29, 1.82) is 0 Å². The van der Waals surface area contributed by atoms with Crippen LogP contribution in [0.25, 0.3) is 0 Å². The first-order valence-electron chi connectivity index (χ1n) is 10.8. The van der Waals surface area contributed by atoms with Crippen LogP contribution in [-0.4, -0.2) is 32.0 Å². The summed E-state index contributed by atoms with van der Waals surface area (Å²) >= 11 is 0. The van der Waals surface area contributed by atoms with Crippen LogP contribution in [0, 0.1) is 0 Å². The molecule has 3 aromatic rings. The van der Waals surface area contributed by atoms with E-state index in [1.165, 1.54) is 0 Å². The summed E-state index contributed by atoms with van der Waals surface area (Å²) < 4.78 is 5.26. The molecule has 0 atom stereocenters. The Balaban J connectivity index is 1.62. The zero-order chi connectivity index (χ0) is 22.9. The lowest BCUT2D eigenvalue weighted by atomic mass is 10.1. The summed E-state index contributed by atoms with van der Waals surface area (Å²) in [5, 5.41) is 5.71. The highest BCUT2D eigenvalue weighted by Gasteiger charge is 2.11. The number of amides is 2. The van der Waals surface area contributed by atoms with Gasteiger partial charge in [0.15, 0.2) is 0 Å². The molecule has 2 amide bonds. The van der Waals surface area contributed by atoms with E-state index in [1.54, 1.807) is 43.5 Å². The Bertz CT molecular complexity index is 1050. The Morgan fingerprint density at radius 1 is 0.812 bits per heavy atom. The predicted octanol–water partition coefficient (Wildman–Crippen LogP) is 5.44. The van der Waals surface area contributed by atoms with Crippen LogP contribution in [0.15, 0.2) is 72.8 Å². The zero-order valence-electron chi connectivity index (χ0n) is 18.7. The van der Waals surface area contributed by atoms with Crippen molar-refractivity contribution in [3.8, 4) is 5.75 Å². The molecule has 166 valence electrons. The summed E-state index contributed by atoms with van der Waals surface area (Å²) in [6, 6.07) is 21.6. The summed E-state index contributed by atoms with van der Waals surface area (Å²) in [7, 11) is 1.56. The first-order chi connectivity index (χ1) is 15.5. The number of nitrogens with one attached hydrogen (secondary N) is 2. The highest BCUT2D eigenvalue weighted by molar-refractivity contribution is 6.06. The van der Waals surface area contributed by atoms with Crippen molar-refractivity contribution in [2.75, 3.05) is 35.7 Å². The van der Waals surface area contributed by atoms with Crippen molar-refractivity contribution in [2.45, 2.75) is 20.3 Å². The molecule has 2 N–H and O–H groups in total. The van der Waals surface area contributed by atoms with Gasteiger partial charge in [0, 0.05) is 35.6 Å². The van der Waals surface area contributed by atoms with Crippen LogP contribution in [0.4, 0.5) is 17.1 Å². The molecule has 0 saturated heterocycles. The van der Waals surface area contributed by atoms with Crippen molar-refractivity contribution >= 4 is 28.9 Å². The highest BCUT2D eigenvalue weighted by atomic mass is 16.5. The van der Waals surface area contributed by atoms with E-state index in [4.69, 9.17) is 4.74 Å². The number of hydrogen-bond donors (Lipinski definition) is 2. The van der Waals surface area contributed by atoms with Gasteiger partial charge in [0.2, 0.25) is 0 Å². The van der Waals surface area contributed by atoms with E-state index >= 15 is 0 Å². The molecule has 0 heterocycles. The van der Waals surface area contributed by atoms with Gasteiger partial charge in [-0.2, -0.15) is 0 Å². The SMILES string of the molecule is CCCN(CC)c1ccc(C(=O)Nc2ccc(C(=O)Nc3ccccc3OC)cc2)cc1. The molecule has 32 heavy (non-hydrogen) atoms. The minimum Gasteiger partial charge on any atom is -0.495 e. The molecular formula is C26H29N3O3. The number of rotatable bonds is 9. The number of para-hydroxylation sites is 2. The molecule has 6 nitrogen and oxygen atoms in total. The quantitative estimate of drug-likeness (QED) is 0.474. The van der Waals surface area contributed by atoms with Crippen LogP contribution in [0.2, 0.25) is 0 Å². The van der Waals surface area contributed by atoms with Crippen molar-refractivity contribution in [3.63, 3.8) is 0 Å². The Kier molecular flexibility index (Phi) is 7.86. The van der Waals surface area contributed by atoms with Gasteiger partial charge in [-0.15, -0.1) is 0 Å². The highest BCUT2D eigenvalue weighted by Crippen LogP contribution is 2.24. The van der Waals surface area contributed by atoms with Gasteiger partial charge in [-0.3, -0.25) is 9.59 Å². The number of nitrogens with zero attached hydrogens (tertiary/aromatic N) is 1. The molecular weight excluding hydrogens is 402 g/mol. The monoisotopic (exact) mass is 431 g/mol. The van der Waals surface area contributed by atoms with Gasteiger partial charge in [0.25, 0.3) is 11.8 Å². The van der Waals surface area contributed by atoms with Gasteiger partial charge in [-0.1, -0.05) is 19.1 Å². The maximum absolute atomic E-state index is 12.6. The fraction of sp³-hybridized carbons (Fsp3) is 0.231. The third-order valence-corrected chi connectivity index (χ3v) is 5.13. The van der Waals surface area contributed by atoms with Gasteiger partial charge in [-0.25, -0.2) is 0 Å². The van der Waals surface area contributed by atoms with E-state index in [0.29, 0.717) is 28.3 Å². The summed E-state index contributed by atoms with van der Waals surface area (Å²) in [5.41, 5.74) is 3.39. The molecule has 6 heteroatoms. The standard InChI is InChI=1S/C26H29N3O3/c1-4-18-29(5-2)22-16-12-20(13-17-22)25(30)27-21-14-10-19(11-15-21)26(31)28-23-8-6-7-9-24(23)32-3/h6-17H,4-5,18H2,1-3H3,(H,27,30)(H,28,31). The summed E-state index contributed by atoms with van der Waals surface area (Å²) in [5.74, 6) is 0.143. The molecule has 3 rings (SSSR count). The number of carbonyl (C=O) groups is 2. The van der Waals surface area contributed by atoms with Gasteiger partial charge < -0.3 is 20.3 Å². The maximum Gasteiger partial charge on any atom is 0.255 e. The first kappa shape index (κ1) is 22.9. The molecule has 0 spiro atoms. The first-order valence-corrected chi connectivity index (χ1v) is 10.8. The van der Waals surface area contributed by atoms with Gasteiger partial charge in [-0.05, 0) is 74.0 Å². The van der Waals surface area contributed by atoms with Crippen molar-refractivity contribution in [1.82, 2.24) is 0 Å². The van der Waals surface area contributed by atoms with Crippen LogP contribution >= 0.6 is 0 Å². The lowest BCUT2D eigenvalue weighted by Gasteiger charge is -2.22. The van der Waals surface area contributed by atoms with Crippen molar-refractivity contribution in [3.05, 3.63) is 83.9 Å². The van der Waals surface area contributed by atoms with Crippen molar-refractivity contribution < 1.29 is 14.3 Å². The Hall–Kier alpha value is -3.80. The van der Waals surface area contributed by atoms with E-state index in [-0.39, 0.29) is 11.8 Å². The normalized spacial score (nSPS) is 10.3. The second-order valence-electron chi connectivity index (χ2n) is 7.31. The zero-order valence-corrected chi connectivity index (χ0v) is 18.7. The summed E-state index contributed by atoms with van der Waals surface area (Å²) in [6.07, 6.45) is 1.07. The average Bonchev–Trinajstić information content (AvgIpc) is 2.83. The number of carbonyl (C=O) groups excluding carboxylic acids is 2. The molecule has 0 bridgehead atoms. The van der Waals surface area contributed by atoms with E-state index in [2.05, 4.69) is 29.4 Å². The number of hydrogen-bond acceptors (Lipinski definition) is 4. The lowest BCUT2D eigenvalue weighted by molar-refractivity contribution is 0.101. The molecule has 0 aliphatic rings. The molecule has 0 unspecified atom stereocenters. The molecule has 0 fully saturated rings. The van der Waals surface area contributed by atoms with Crippen LogP contribution < -0.4 is 20.3 Å². The van der Waals surface area contributed by atoms with E-state index in [1.807, 2.05) is 36.4 Å². The maximum atomic E-state index is 12.6. The Morgan fingerprint density at radius 2 is 1.41 bits per heavy atom. The number of ether oxygens (including phenoxy) is 1. The minimum absolute atomic E-state index is 0.193. The molecule has 0 aromatic heterocycles. The number of methoxy groups -OCH3 is 1. The van der Waals surface area contributed by atoms with Crippen LogP contribution in [0.3, 0.4) is 0 Å². The van der Waals surface area contributed by atoms with Gasteiger partial charge >= 0.3 is 0 Å². The average molecular weight is 432 g/mol. The molecule has 0 radical (unpaired) electrons. The summed E-state index contributed by atoms with van der Waals surface area (Å²) in [6.45, 7) is 6.18. The van der Waals surface area contributed by atoms with Gasteiger partial charge in [0.1, 0.15) is 5.75 Å². The third kappa shape index (κ3) is 5.66. The van der Waals surface area contributed by atoms with Crippen LogP contribution in [-0.2, 0) is 0 Å².